The first-order valence-corrected chi connectivity index (χ1v) is 5.90. The van der Waals surface area contributed by atoms with Gasteiger partial charge in [0.05, 0.1) is 13.2 Å². The Morgan fingerprint density at radius 1 is 0.789 bits per heavy atom. The van der Waals surface area contributed by atoms with Crippen molar-refractivity contribution >= 4 is 0 Å². The number of aliphatic hydroxyl groups is 6. The monoisotopic (exact) mass is 282 g/mol. The van der Waals surface area contributed by atoms with Crippen molar-refractivity contribution in [1.82, 2.24) is 0 Å². The molecule has 9 heteroatoms. The second-order valence-corrected chi connectivity index (χ2v) is 4.55. The zero-order chi connectivity index (χ0) is 14.2. The first-order valence-electron chi connectivity index (χ1n) is 5.90. The Morgan fingerprint density at radius 2 is 1.37 bits per heavy atom. The molecule has 2 aliphatic rings. The van der Waals surface area contributed by atoms with Crippen LogP contribution in [0.3, 0.4) is 0 Å². The van der Waals surface area contributed by atoms with Gasteiger partial charge in [0.25, 0.3) is 0 Å². The molecule has 2 fully saturated rings. The van der Waals surface area contributed by atoms with Crippen LogP contribution in [-0.4, -0.2) is 93.1 Å². The Balaban J connectivity index is 1.98. The number of hydrogen-bond donors (Lipinski definition) is 6. The van der Waals surface area contributed by atoms with Crippen molar-refractivity contribution < 1.29 is 44.8 Å². The molecule has 19 heavy (non-hydrogen) atoms. The van der Waals surface area contributed by atoms with E-state index >= 15 is 0 Å². The lowest BCUT2D eigenvalue weighted by Crippen LogP contribution is -2.42. The molecular weight excluding hydrogens is 264 g/mol. The van der Waals surface area contributed by atoms with Crippen LogP contribution in [0.4, 0.5) is 0 Å². The molecular formula is C10H18O9. The van der Waals surface area contributed by atoms with Gasteiger partial charge in [-0.25, -0.2) is 0 Å². The Kier molecular flexibility index (Phi) is 4.71. The second-order valence-electron chi connectivity index (χ2n) is 4.55. The molecule has 2 saturated heterocycles. The molecule has 0 bridgehead atoms. The van der Waals surface area contributed by atoms with Crippen molar-refractivity contribution in [2.75, 3.05) is 13.2 Å². The van der Waals surface area contributed by atoms with Crippen LogP contribution >= 0.6 is 0 Å². The fourth-order valence-electron chi connectivity index (χ4n) is 2.15. The molecule has 0 radical (unpaired) electrons. The molecule has 2 rings (SSSR count). The summed E-state index contributed by atoms with van der Waals surface area (Å²) in [4.78, 5) is 0. The Hall–Kier alpha value is -0.360. The Morgan fingerprint density at radius 3 is 1.84 bits per heavy atom. The van der Waals surface area contributed by atoms with Crippen LogP contribution in [0.5, 0.6) is 0 Å². The fourth-order valence-corrected chi connectivity index (χ4v) is 2.15. The molecule has 8 atom stereocenters. The number of hydrogen-bond acceptors (Lipinski definition) is 9. The smallest absolute Gasteiger partial charge is 0.187 e. The highest BCUT2D eigenvalue weighted by Gasteiger charge is 2.49. The maximum Gasteiger partial charge on any atom is 0.187 e. The lowest BCUT2D eigenvalue weighted by molar-refractivity contribution is -0.236. The Labute approximate surface area is 108 Å². The predicted octanol–water partition coefficient (Wildman–Crippen LogP) is -4.12. The normalized spacial score (nSPS) is 50.8. The zero-order valence-corrected chi connectivity index (χ0v) is 9.94. The summed E-state index contributed by atoms with van der Waals surface area (Å²) in [6, 6.07) is 0. The van der Waals surface area contributed by atoms with Gasteiger partial charge in [0.15, 0.2) is 12.6 Å². The minimum Gasteiger partial charge on any atom is -0.394 e. The van der Waals surface area contributed by atoms with Gasteiger partial charge in [-0.1, -0.05) is 0 Å². The highest BCUT2D eigenvalue weighted by molar-refractivity contribution is 4.91. The van der Waals surface area contributed by atoms with Gasteiger partial charge in [0.1, 0.15) is 36.6 Å². The van der Waals surface area contributed by atoms with E-state index in [4.69, 9.17) is 24.4 Å². The first kappa shape index (κ1) is 15.0. The zero-order valence-electron chi connectivity index (χ0n) is 9.94. The minimum absolute atomic E-state index is 0.506. The van der Waals surface area contributed by atoms with Crippen LogP contribution in [0.25, 0.3) is 0 Å². The van der Waals surface area contributed by atoms with Gasteiger partial charge in [-0.05, 0) is 0 Å². The molecule has 6 N–H and O–H groups in total. The second kappa shape index (κ2) is 5.95. The maximum absolute atomic E-state index is 9.74. The van der Waals surface area contributed by atoms with Gasteiger partial charge in [0, 0.05) is 0 Å². The average Bonchev–Trinajstić information content (AvgIpc) is 2.83. The summed E-state index contributed by atoms with van der Waals surface area (Å²) >= 11 is 0. The summed E-state index contributed by atoms with van der Waals surface area (Å²) < 4.78 is 15.1. The minimum atomic E-state index is -1.49. The van der Waals surface area contributed by atoms with E-state index < -0.39 is 62.4 Å². The van der Waals surface area contributed by atoms with Crippen molar-refractivity contribution in [3.05, 3.63) is 0 Å². The summed E-state index contributed by atoms with van der Waals surface area (Å²) in [6.07, 6.45) is -10.1. The van der Waals surface area contributed by atoms with Crippen LogP contribution in [-0.2, 0) is 14.2 Å². The molecule has 2 heterocycles. The molecule has 0 spiro atoms. The van der Waals surface area contributed by atoms with Gasteiger partial charge >= 0.3 is 0 Å². The lowest BCUT2D eigenvalue weighted by atomic mass is 10.1. The fraction of sp³-hybridized carbons (Fsp3) is 1.00. The molecule has 0 aromatic heterocycles. The molecule has 0 aromatic rings. The van der Waals surface area contributed by atoms with E-state index in [1.807, 2.05) is 0 Å². The third-order valence-electron chi connectivity index (χ3n) is 3.28. The first-order chi connectivity index (χ1) is 8.99. The summed E-state index contributed by atoms with van der Waals surface area (Å²) in [5.41, 5.74) is 0. The summed E-state index contributed by atoms with van der Waals surface area (Å²) in [6.45, 7) is -1.02. The van der Waals surface area contributed by atoms with Crippen LogP contribution in [0.1, 0.15) is 0 Å². The third-order valence-corrected chi connectivity index (χ3v) is 3.28. The molecule has 2 aliphatic heterocycles. The van der Waals surface area contributed by atoms with Crippen molar-refractivity contribution in [3.8, 4) is 0 Å². The molecule has 0 aliphatic carbocycles. The van der Waals surface area contributed by atoms with Crippen LogP contribution in [0.2, 0.25) is 0 Å². The van der Waals surface area contributed by atoms with E-state index in [0.29, 0.717) is 0 Å². The van der Waals surface area contributed by atoms with Crippen molar-refractivity contribution in [1.29, 1.82) is 0 Å². The van der Waals surface area contributed by atoms with E-state index in [2.05, 4.69) is 0 Å². The van der Waals surface area contributed by atoms with Gasteiger partial charge < -0.3 is 44.8 Å². The third kappa shape index (κ3) is 2.75. The standard InChI is InChI=1S/C10H18O9/c11-1-3-5(13)7(15)10(18-3)19-8-6(14)4(2-12)17-9(8)16/h3-16H,1-2H2/t3-,4-,5-,6-,7-,8-,9-,10+/m1/s1. The highest BCUT2D eigenvalue weighted by atomic mass is 16.7. The van der Waals surface area contributed by atoms with Crippen molar-refractivity contribution in [2.45, 2.75) is 49.2 Å². The highest BCUT2D eigenvalue weighted by Crippen LogP contribution is 2.28. The van der Waals surface area contributed by atoms with Crippen molar-refractivity contribution in [2.24, 2.45) is 0 Å². The van der Waals surface area contributed by atoms with Gasteiger partial charge in [-0.3, -0.25) is 0 Å². The summed E-state index contributed by atoms with van der Waals surface area (Å²) in [7, 11) is 0. The van der Waals surface area contributed by atoms with Gasteiger partial charge in [0.2, 0.25) is 0 Å². The number of rotatable bonds is 4. The van der Waals surface area contributed by atoms with E-state index in [0.717, 1.165) is 0 Å². The number of aliphatic hydroxyl groups excluding tert-OH is 6. The largest absolute Gasteiger partial charge is 0.394 e. The van der Waals surface area contributed by atoms with Crippen LogP contribution in [0.15, 0.2) is 0 Å². The summed E-state index contributed by atoms with van der Waals surface area (Å²) in [5.74, 6) is 0. The molecule has 0 aromatic carbocycles. The maximum atomic E-state index is 9.74. The molecule has 0 saturated carbocycles. The van der Waals surface area contributed by atoms with Gasteiger partial charge in [-0.2, -0.15) is 0 Å². The lowest BCUT2D eigenvalue weighted by Gasteiger charge is -2.23. The Bertz CT molecular complexity index is 301. The van der Waals surface area contributed by atoms with Gasteiger partial charge in [-0.15, -0.1) is 0 Å². The van der Waals surface area contributed by atoms with Crippen molar-refractivity contribution in [3.63, 3.8) is 0 Å². The topological polar surface area (TPSA) is 149 Å². The van der Waals surface area contributed by atoms with E-state index in [-0.39, 0.29) is 0 Å². The summed E-state index contributed by atoms with van der Waals surface area (Å²) in [5, 5.41) is 56.2. The van der Waals surface area contributed by atoms with E-state index in [9.17, 15) is 20.4 Å². The van der Waals surface area contributed by atoms with Crippen LogP contribution in [0, 0.1) is 0 Å². The molecule has 0 unspecified atom stereocenters. The molecule has 9 nitrogen and oxygen atoms in total. The van der Waals surface area contributed by atoms with E-state index in [1.54, 1.807) is 0 Å². The quantitative estimate of drug-likeness (QED) is 0.302. The van der Waals surface area contributed by atoms with E-state index in [1.165, 1.54) is 0 Å². The predicted molar refractivity (Wildman–Crippen MR) is 56.6 cm³/mol. The van der Waals surface area contributed by atoms with Crippen LogP contribution < -0.4 is 0 Å². The molecule has 112 valence electrons. The molecule has 0 amide bonds. The number of ether oxygens (including phenoxy) is 3. The SMILES string of the molecule is OC[C@H]1O[C@@H](O[C@@H]2[C@H](O)[C@@H](CO)O[C@H]2O)[C@H](O)[C@@H]1O. The average molecular weight is 282 g/mol.